The van der Waals surface area contributed by atoms with Gasteiger partial charge in [-0.3, -0.25) is 4.68 Å². The number of methoxy groups -OCH3 is 1. The van der Waals surface area contributed by atoms with Gasteiger partial charge >= 0.3 is 5.97 Å². The molecule has 0 N–H and O–H groups in total. The van der Waals surface area contributed by atoms with Crippen LogP contribution >= 0.6 is 0 Å². The van der Waals surface area contributed by atoms with E-state index in [9.17, 15) is 35.2 Å². The van der Waals surface area contributed by atoms with Crippen LogP contribution in [0, 0.1) is 29.1 Å². The zero-order chi connectivity index (χ0) is 20.1. The molecule has 3 rings (SSSR count). The second kappa shape index (κ2) is 6.27. The van der Waals surface area contributed by atoms with Gasteiger partial charge in [0.2, 0.25) is 15.8 Å². The van der Waals surface area contributed by atoms with E-state index in [0.717, 1.165) is 11.8 Å². The van der Waals surface area contributed by atoms with Gasteiger partial charge in [0.15, 0.2) is 33.7 Å². The molecule has 1 aliphatic heterocycles. The Morgan fingerprint density at radius 3 is 2.04 bits per heavy atom. The number of hydrogen-bond acceptors (Lipinski definition) is 5. The minimum absolute atomic E-state index is 0.393. The van der Waals surface area contributed by atoms with Gasteiger partial charge in [0.1, 0.15) is 0 Å². The number of halogens is 5. The lowest BCUT2D eigenvalue weighted by atomic mass is 9.93. The molecule has 7 nitrogen and oxygen atoms in total. The van der Waals surface area contributed by atoms with Crippen molar-refractivity contribution in [3.05, 3.63) is 47.5 Å². The summed E-state index contributed by atoms with van der Waals surface area (Å²) >= 11 is 0. The first kappa shape index (κ1) is 19.2. The van der Waals surface area contributed by atoms with Crippen molar-refractivity contribution in [3.63, 3.8) is 0 Å². The second-order valence-corrected chi connectivity index (χ2v) is 7.52. The Hall–Kier alpha value is -2.54. The molecule has 0 spiro atoms. The van der Waals surface area contributed by atoms with Gasteiger partial charge in [-0.15, -0.1) is 0 Å². The third-order valence-electron chi connectivity index (χ3n) is 4.15. The summed E-state index contributed by atoms with van der Waals surface area (Å²) in [5.41, 5.74) is -1.63. The summed E-state index contributed by atoms with van der Waals surface area (Å²) in [5.74, 6) is -13.1. The maximum atomic E-state index is 13.9. The van der Waals surface area contributed by atoms with Gasteiger partial charge in [-0.05, 0) is 6.07 Å². The fourth-order valence-corrected chi connectivity index (χ4v) is 4.38. The van der Waals surface area contributed by atoms with Crippen LogP contribution in [0.2, 0.25) is 0 Å². The molecule has 13 heteroatoms. The third kappa shape index (κ3) is 2.60. The smallest absolute Gasteiger partial charge is 0.336 e. The summed E-state index contributed by atoms with van der Waals surface area (Å²) in [5, 5.41) is 3.82. The molecule has 0 bridgehead atoms. The second-order valence-electron chi connectivity index (χ2n) is 5.65. The van der Waals surface area contributed by atoms with Gasteiger partial charge in [0, 0.05) is 12.4 Å². The molecule has 0 aliphatic carbocycles. The maximum absolute atomic E-state index is 13.9. The molecule has 1 saturated heterocycles. The predicted molar refractivity (Wildman–Crippen MR) is 77.2 cm³/mol. The minimum atomic E-state index is -5.14. The number of hydrogen-bond donors (Lipinski definition) is 0. The molecule has 2 aromatic rings. The molecule has 0 amide bonds. The first-order valence-corrected chi connectivity index (χ1v) is 8.62. The fourth-order valence-electron chi connectivity index (χ4n) is 2.73. The SMILES string of the molecule is COC(=O)C1(n2cccn2)CN(S(=O)(=O)c2c(F)c(F)c(F)c(F)c2F)C1. The quantitative estimate of drug-likeness (QED) is 0.326. The van der Waals surface area contributed by atoms with Crippen LogP contribution in [-0.4, -0.2) is 48.7 Å². The van der Waals surface area contributed by atoms with E-state index in [-0.39, 0.29) is 0 Å². The van der Waals surface area contributed by atoms with E-state index in [0.29, 0.717) is 4.31 Å². The van der Waals surface area contributed by atoms with Crippen LogP contribution in [0.5, 0.6) is 0 Å². The molecule has 0 atom stereocenters. The lowest BCUT2D eigenvalue weighted by Crippen LogP contribution is -2.68. The summed E-state index contributed by atoms with van der Waals surface area (Å²) in [6, 6.07) is 1.44. The molecule has 1 aliphatic rings. The number of esters is 1. The fraction of sp³-hybridized carbons (Fsp3) is 0.286. The molecular formula is C14H10F5N3O4S. The van der Waals surface area contributed by atoms with E-state index in [2.05, 4.69) is 9.84 Å². The van der Waals surface area contributed by atoms with Crippen LogP contribution in [0.1, 0.15) is 0 Å². The van der Waals surface area contributed by atoms with Crippen molar-refractivity contribution in [2.75, 3.05) is 20.2 Å². The minimum Gasteiger partial charge on any atom is -0.467 e. The Balaban J connectivity index is 2.04. The number of carbonyl (C=O) groups excluding carboxylic acids is 1. The van der Waals surface area contributed by atoms with Crippen molar-refractivity contribution in [1.29, 1.82) is 0 Å². The van der Waals surface area contributed by atoms with Gasteiger partial charge in [-0.1, -0.05) is 0 Å². The number of ether oxygens (including phenoxy) is 1. The average molecular weight is 411 g/mol. The number of carbonyl (C=O) groups is 1. The van der Waals surface area contributed by atoms with Gasteiger partial charge < -0.3 is 4.74 Å². The van der Waals surface area contributed by atoms with Crippen LogP contribution in [0.4, 0.5) is 22.0 Å². The standard InChI is InChI=1S/C14H10F5N3O4S/c1-26-13(23)14(22-4-2-3-20-22)5-21(6-14)27(24,25)12-10(18)8(16)7(15)9(17)11(12)19/h2-4H,5-6H2,1H3. The lowest BCUT2D eigenvalue weighted by molar-refractivity contribution is -0.158. The Bertz CT molecular complexity index is 991. The zero-order valence-corrected chi connectivity index (χ0v) is 14.2. The van der Waals surface area contributed by atoms with Crippen molar-refractivity contribution < 1.29 is 39.9 Å². The van der Waals surface area contributed by atoms with Gasteiger partial charge in [0.05, 0.1) is 20.2 Å². The third-order valence-corrected chi connectivity index (χ3v) is 5.96. The molecule has 2 heterocycles. The highest BCUT2D eigenvalue weighted by Crippen LogP contribution is 2.37. The van der Waals surface area contributed by atoms with Crippen LogP contribution < -0.4 is 0 Å². The summed E-state index contributed by atoms with van der Waals surface area (Å²) < 4.78 is 98.6. The first-order valence-electron chi connectivity index (χ1n) is 7.18. The van der Waals surface area contributed by atoms with E-state index in [1.807, 2.05) is 0 Å². The first-order chi connectivity index (χ1) is 12.6. The highest BCUT2D eigenvalue weighted by Gasteiger charge is 2.57. The van der Waals surface area contributed by atoms with Crippen molar-refractivity contribution in [3.8, 4) is 0 Å². The van der Waals surface area contributed by atoms with Crippen molar-refractivity contribution in [2.24, 2.45) is 0 Å². The van der Waals surface area contributed by atoms with E-state index in [1.165, 1.54) is 18.5 Å². The zero-order valence-electron chi connectivity index (χ0n) is 13.4. The number of nitrogens with zero attached hydrogens (tertiary/aromatic N) is 3. The average Bonchev–Trinajstić information content (AvgIpc) is 3.11. The molecule has 1 fully saturated rings. The van der Waals surface area contributed by atoms with Gasteiger partial charge in [-0.25, -0.2) is 35.2 Å². The van der Waals surface area contributed by atoms with Crippen LogP contribution in [0.25, 0.3) is 0 Å². The molecule has 0 unspecified atom stereocenters. The largest absolute Gasteiger partial charge is 0.467 e. The van der Waals surface area contributed by atoms with Crippen LogP contribution in [0.3, 0.4) is 0 Å². The molecule has 0 saturated carbocycles. The summed E-state index contributed by atoms with van der Waals surface area (Å²) in [6.45, 7) is -1.35. The topological polar surface area (TPSA) is 81.5 Å². The van der Waals surface area contributed by atoms with E-state index >= 15 is 0 Å². The van der Waals surface area contributed by atoms with Crippen LogP contribution in [0.15, 0.2) is 23.4 Å². The monoisotopic (exact) mass is 411 g/mol. The molecular weight excluding hydrogens is 401 g/mol. The van der Waals surface area contributed by atoms with Crippen LogP contribution in [-0.2, 0) is 25.1 Å². The van der Waals surface area contributed by atoms with Gasteiger partial charge in [0.25, 0.3) is 0 Å². The normalized spacial score (nSPS) is 16.8. The van der Waals surface area contributed by atoms with E-state index < -0.39 is 68.6 Å². The predicted octanol–water partition coefficient (Wildman–Crippen LogP) is 1.15. The van der Waals surface area contributed by atoms with Gasteiger partial charge in [-0.2, -0.15) is 9.40 Å². The highest BCUT2D eigenvalue weighted by molar-refractivity contribution is 7.89. The number of aromatic nitrogens is 2. The number of rotatable bonds is 4. The van der Waals surface area contributed by atoms with Crippen molar-refractivity contribution in [2.45, 2.75) is 10.4 Å². The van der Waals surface area contributed by atoms with E-state index in [4.69, 9.17) is 0 Å². The number of sulfonamides is 1. The Morgan fingerprint density at radius 2 is 1.59 bits per heavy atom. The molecule has 0 radical (unpaired) electrons. The summed E-state index contributed by atoms with van der Waals surface area (Å²) in [7, 11) is -4.10. The lowest BCUT2D eigenvalue weighted by Gasteiger charge is -2.46. The molecule has 1 aromatic heterocycles. The Morgan fingerprint density at radius 1 is 1.07 bits per heavy atom. The Kier molecular flexibility index (Phi) is 4.46. The Labute approximate surface area is 149 Å². The van der Waals surface area contributed by atoms with Crippen molar-refractivity contribution >= 4 is 16.0 Å². The summed E-state index contributed by atoms with van der Waals surface area (Å²) in [4.78, 5) is 10.1. The molecule has 27 heavy (non-hydrogen) atoms. The van der Waals surface area contributed by atoms with Crippen molar-refractivity contribution in [1.82, 2.24) is 14.1 Å². The van der Waals surface area contributed by atoms with E-state index in [1.54, 1.807) is 0 Å². The number of benzene rings is 1. The molecule has 146 valence electrons. The highest BCUT2D eigenvalue weighted by atomic mass is 32.2. The molecule has 1 aromatic carbocycles. The maximum Gasteiger partial charge on any atom is 0.336 e. The summed E-state index contributed by atoms with van der Waals surface area (Å²) in [6.07, 6.45) is 2.63.